The van der Waals surface area contributed by atoms with Gasteiger partial charge < -0.3 is 15.3 Å². The highest BCUT2D eigenvalue weighted by Crippen LogP contribution is 2.51. The van der Waals surface area contributed by atoms with Crippen LogP contribution >= 0.6 is 0 Å². The lowest BCUT2D eigenvalue weighted by atomic mass is 9.71. The van der Waals surface area contributed by atoms with Crippen LogP contribution in [0, 0.1) is 0 Å². The fourth-order valence-electron chi connectivity index (χ4n) is 5.06. The lowest BCUT2D eigenvalue weighted by Gasteiger charge is -2.34. The van der Waals surface area contributed by atoms with E-state index in [1.807, 2.05) is 67.6 Å². The number of likely N-dealkylation sites (tertiary alicyclic amines) is 1. The second-order valence-electron chi connectivity index (χ2n) is 9.69. The van der Waals surface area contributed by atoms with Gasteiger partial charge in [0.05, 0.1) is 0 Å². The summed E-state index contributed by atoms with van der Waals surface area (Å²) in [4.78, 5) is 14.6. The summed E-state index contributed by atoms with van der Waals surface area (Å²) in [5, 5.41) is 12.6. The Morgan fingerprint density at radius 2 is 1.42 bits per heavy atom. The Balaban J connectivity index is 1.65. The van der Waals surface area contributed by atoms with Crippen molar-refractivity contribution >= 4 is 6.03 Å². The van der Waals surface area contributed by atoms with Gasteiger partial charge in [-0.25, -0.2) is 4.79 Å². The Morgan fingerprint density at radius 3 is 1.95 bits per heavy atom. The van der Waals surface area contributed by atoms with Crippen molar-refractivity contribution in [1.29, 1.82) is 0 Å². The van der Waals surface area contributed by atoms with E-state index < -0.39 is 34.8 Å². The van der Waals surface area contributed by atoms with Gasteiger partial charge in [0.15, 0.2) is 0 Å². The zero-order valence-corrected chi connectivity index (χ0v) is 20.4. The molecule has 0 bridgehead atoms. The summed E-state index contributed by atoms with van der Waals surface area (Å²) in [6, 6.07) is 21.8. The van der Waals surface area contributed by atoms with Gasteiger partial charge in [0.2, 0.25) is 0 Å². The Morgan fingerprint density at radius 1 is 0.895 bits per heavy atom. The molecule has 1 aliphatic rings. The first-order valence-electron chi connectivity index (χ1n) is 11.9. The van der Waals surface area contributed by atoms with Crippen LogP contribution < -0.4 is 5.32 Å². The van der Waals surface area contributed by atoms with Crippen LogP contribution in [0.1, 0.15) is 35.1 Å². The molecule has 3 aromatic carbocycles. The Bertz CT molecular complexity index is 1230. The lowest BCUT2D eigenvalue weighted by molar-refractivity contribution is -0.376. The van der Waals surface area contributed by atoms with Gasteiger partial charge in [-0.05, 0) is 16.7 Å². The van der Waals surface area contributed by atoms with E-state index >= 15 is 0 Å². The van der Waals surface area contributed by atoms with E-state index in [-0.39, 0.29) is 19.1 Å². The third-order valence-electron chi connectivity index (χ3n) is 7.25. The molecule has 2 atom stereocenters. The molecule has 1 saturated heterocycles. The number of carbonyl (C=O) groups excluding carboxylic acids is 1. The van der Waals surface area contributed by atoms with Gasteiger partial charge in [-0.3, -0.25) is 0 Å². The molecule has 10 heteroatoms. The minimum atomic E-state index is -5.97. The van der Waals surface area contributed by atoms with Gasteiger partial charge in [-0.2, -0.15) is 26.3 Å². The third kappa shape index (κ3) is 4.97. The topological polar surface area (TPSA) is 52.6 Å². The number of urea groups is 1. The van der Waals surface area contributed by atoms with Crippen molar-refractivity contribution in [2.45, 2.75) is 42.8 Å². The number of amides is 2. The first-order chi connectivity index (χ1) is 17.8. The van der Waals surface area contributed by atoms with Gasteiger partial charge in [0, 0.05) is 36.5 Å². The van der Waals surface area contributed by atoms with Gasteiger partial charge >= 0.3 is 18.4 Å². The molecule has 202 valence electrons. The number of rotatable bonds is 5. The summed E-state index contributed by atoms with van der Waals surface area (Å²) in [6.07, 6.45) is -11.9. The summed E-state index contributed by atoms with van der Waals surface area (Å²) in [7, 11) is 0. The monoisotopic (exact) mass is 536 g/mol. The van der Waals surface area contributed by atoms with E-state index in [0.29, 0.717) is 24.2 Å². The number of aliphatic hydroxyl groups is 1. The normalized spacial score (nSPS) is 20.4. The number of benzene rings is 3. The molecule has 1 heterocycles. The molecule has 2 amide bonds. The largest absolute Gasteiger partial charge is 0.430 e. The molecule has 0 aromatic heterocycles. The first kappa shape index (κ1) is 27.5. The number of nitrogens with one attached hydrogen (secondary N) is 1. The predicted molar refractivity (Wildman–Crippen MR) is 129 cm³/mol. The van der Waals surface area contributed by atoms with Gasteiger partial charge in [0.1, 0.15) is 0 Å². The van der Waals surface area contributed by atoms with Crippen LogP contribution in [0.2, 0.25) is 0 Å². The number of carbonyl (C=O) groups is 1. The number of hydrogen-bond donors (Lipinski definition) is 2. The zero-order valence-electron chi connectivity index (χ0n) is 20.4. The van der Waals surface area contributed by atoms with Crippen LogP contribution in [0.3, 0.4) is 0 Å². The highest BCUT2D eigenvalue weighted by Gasteiger charge is 2.71. The highest BCUT2D eigenvalue weighted by atomic mass is 19.4. The van der Waals surface area contributed by atoms with Crippen molar-refractivity contribution in [1.82, 2.24) is 10.2 Å². The minimum Gasteiger partial charge on any atom is -0.369 e. The van der Waals surface area contributed by atoms with E-state index in [1.54, 1.807) is 4.90 Å². The predicted octanol–water partition coefficient (Wildman–Crippen LogP) is 6.27. The molecule has 0 spiro atoms. The van der Waals surface area contributed by atoms with Crippen LogP contribution in [0.4, 0.5) is 31.1 Å². The van der Waals surface area contributed by atoms with Crippen molar-refractivity contribution in [3.63, 3.8) is 0 Å². The van der Waals surface area contributed by atoms with Crippen LogP contribution in [-0.4, -0.2) is 41.5 Å². The second kappa shape index (κ2) is 9.98. The molecule has 0 unspecified atom stereocenters. The summed E-state index contributed by atoms with van der Waals surface area (Å²) >= 11 is 0. The first-order valence-corrected chi connectivity index (χ1v) is 11.9. The molecular formula is C28H26F6N2O2. The van der Waals surface area contributed by atoms with Crippen molar-refractivity contribution < 1.29 is 36.2 Å². The summed E-state index contributed by atoms with van der Waals surface area (Å²) in [6.45, 7) is 2.67. The van der Waals surface area contributed by atoms with Gasteiger partial charge in [-0.1, -0.05) is 91.9 Å². The molecule has 4 nitrogen and oxygen atoms in total. The zero-order chi connectivity index (χ0) is 27.8. The maximum absolute atomic E-state index is 13.3. The molecular weight excluding hydrogens is 510 g/mol. The van der Waals surface area contributed by atoms with Crippen LogP contribution in [0.15, 0.2) is 84.9 Å². The van der Waals surface area contributed by atoms with Gasteiger partial charge in [-0.15, -0.1) is 0 Å². The van der Waals surface area contributed by atoms with Crippen molar-refractivity contribution in [2.24, 2.45) is 0 Å². The summed E-state index contributed by atoms with van der Waals surface area (Å²) < 4.78 is 80.1. The molecule has 4 rings (SSSR count). The SMILES string of the molecule is C[C@]1(c2ccccc2)CN(C(=O)NCc2ccccc2)C[C@H]1c1ccc(C(O)(C(F)(F)F)C(F)(F)F)cc1. The van der Waals surface area contributed by atoms with E-state index in [0.717, 1.165) is 23.3 Å². The number of alkyl halides is 6. The maximum Gasteiger partial charge on any atom is 0.430 e. The lowest BCUT2D eigenvalue weighted by Crippen LogP contribution is -2.53. The standard InChI is InChI=1S/C28H26F6N2O2/c1-25(21-10-6-3-7-11-21)18-36(24(37)35-16-19-8-4-2-5-9-19)17-23(25)20-12-14-22(15-13-20)26(38,27(29,30)31)28(32,33)34/h2-15,23,38H,16-18H2,1H3,(H,35,37)/t23-,25+/m0/s1. The summed E-state index contributed by atoms with van der Waals surface area (Å²) in [5.41, 5.74) is -4.78. The average molecular weight is 537 g/mol. The third-order valence-corrected chi connectivity index (χ3v) is 7.25. The summed E-state index contributed by atoms with van der Waals surface area (Å²) in [5.74, 6) is -0.439. The highest BCUT2D eigenvalue weighted by molar-refractivity contribution is 5.75. The molecule has 0 saturated carbocycles. The van der Waals surface area contributed by atoms with Gasteiger partial charge in [0.25, 0.3) is 5.60 Å². The van der Waals surface area contributed by atoms with E-state index in [2.05, 4.69) is 5.32 Å². The number of halogens is 6. The number of nitrogens with zero attached hydrogens (tertiary/aromatic N) is 1. The van der Waals surface area contributed by atoms with E-state index in [4.69, 9.17) is 0 Å². The smallest absolute Gasteiger partial charge is 0.369 e. The fraction of sp³-hybridized carbons (Fsp3) is 0.321. The quantitative estimate of drug-likeness (QED) is 0.378. The number of hydrogen-bond acceptors (Lipinski definition) is 2. The van der Waals surface area contributed by atoms with Crippen LogP contribution in [0.5, 0.6) is 0 Å². The molecule has 0 aliphatic carbocycles. The van der Waals surface area contributed by atoms with Crippen LogP contribution in [0.25, 0.3) is 0 Å². The second-order valence-corrected chi connectivity index (χ2v) is 9.69. The molecule has 2 N–H and O–H groups in total. The molecule has 1 aliphatic heterocycles. The average Bonchev–Trinajstić information content (AvgIpc) is 3.25. The van der Waals surface area contributed by atoms with Crippen LogP contribution in [-0.2, 0) is 17.6 Å². The van der Waals surface area contributed by atoms with Crippen molar-refractivity contribution in [3.8, 4) is 0 Å². The van der Waals surface area contributed by atoms with Crippen molar-refractivity contribution in [2.75, 3.05) is 13.1 Å². The molecule has 1 fully saturated rings. The fourth-order valence-corrected chi connectivity index (χ4v) is 5.06. The Kier molecular flexibility index (Phi) is 7.22. The van der Waals surface area contributed by atoms with E-state index in [9.17, 15) is 36.2 Å². The maximum atomic E-state index is 13.3. The molecule has 0 radical (unpaired) electrons. The molecule has 38 heavy (non-hydrogen) atoms. The Hall–Kier alpha value is -3.53. The Labute approximate surface area is 215 Å². The molecule has 3 aromatic rings. The minimum absolute atomic E-state index is 0.189. The van der Waals surface area contributed by atoms with Crippen molar-refractivity contribution in [3.05, 3.63) is 107 Å². The van der Waals surface area contributed by atoms with E-state index in [1.165, 1.54) is 0 Å².